The number of carbonyl (C=O) groups is 2. The average Bonchev–Trinajstić information content (AvgIpc) is 2.07. The quantitative estimate of drug-likeness (QED) is 0.513. The number of hydrogen-bond donors (Lipinski definition) is 0. The van der Waals surface area contributed by atoms with Crippen LogP contribution < -0.4 is 0 Å². The van der Waals surface area contributed by atoms with Crippen LogP contribution in [0, 0.1) is 11.8 Å². The van der Waals surface area contributed by atoms with E-state index in [1.54, 1.807) is 0 Å². The van der Waals surface area contributed by atoms with Crippen molar-refractivity contribution in [3.63, 3.8) is 0 Å². The summed E-state index contributed by atoms with van der Waals surface area (Å²) < 4.78 is 0. The van der Waals surface area contributed by atoms with Crippen molar-refractivity contribution in [3.8, 4) is 0 Å². The third kappa shape index (κ3) is 1.30. The first-order valence-electron chi connectivity index (χ1n) is 4.83. The first-order valence-corrected chi connectivity index (χ1v) is 4.83. The molecule has 2 saturated carbocycles. The Morgan fingerprint density at radius 3 is 1.67 bits per heavy atom. The number of ketones is 2. The van der Waals surface area contributed by atoms with Gasteiger partial charge in [0.15, 0.2) is 11.6 Å². The van der Waals surface area contributed by atoms with Crippen LogP contribution in [0.25, 0.3) is 0 Å². The maximum absolute atomic E-state index is 11.1. The van der Waals surface area contributed by atoms with Crippen LogP contribution in [0.2, 0.25) is 0 Å². The molecule has 2 aliphatic carbocycles. The minimum Gasteiger partial charge on any atom is -0.291 e. The summed E-state index contributed by atoms with van der Waals surface area (Å²) in [7, 11) is 0. The number of carbonyl (C=O) groups excluding carboxylic acids is 2. The van der Waals surface area contributed by atoms with Crippen molar-refractivity contribution in [1.82, 2.24) is 0 Å². The van der Waals surface area contributed by atoms with E-state index in [0.29, 0.717) is 24.7 Å². The van der Waals surface area contributed by atoms with Gasteiger partial charge in [0.2, 0.25) is 0 Å². The summed E-state index contributed by atoms with van der Waals surface area (Å²) in [5.74, 6) is 0.865. The molecule has 0 saturated heterocycles. The molecule has 2 heteroatoms. The summed E-state index contributed by atoms with van der Waals surface area (Å²) in [6.45, 7) is 0. The first-order chi connectivity index (χ1) is 5.77. The molecule has 0 radical (unpaired) electrons. The lowest BCUT2D eigenvalue weighted by Gasteiger charge is -2.33. The fourth-order valence-electron chi connectivity index (χ4n) is 2.53. The molecule has 0 aromatic carbocycles. The highest BCUT2D eigenvalue weighted by atomic mass is 16.2. The second kappa shape index (κ2) is 3.00. The predicted octanol–water partition coefficient (Wildman–Crippen LogP) is 1.72. The van der Waals surface area contributed by atoms with E-state index in [0.717, 1.165) is 0 Å². The summed E-state index contributed by atoms with van der Waals surface area (Å²) >= 11 is 0. The van der Waals surface area contributed by atoms with Crippen molar-refractivity contribution in [2.24, 2.45) is 11.8 Å². The van der Waals surface area contributed by atoms with Gasteiger partial charge in [-0.25, -0.2) is 0 Å². The van der Waals surface area contributed by atoms with Gasteiger partial charge in [0, 0.05) is 12.8 Å². The highest BCUT2D eigenvalue weighted by Crippen LogP contribution is 2.37. The van der Waals surface area contributed by atoms with E-state index < -0.39 is 0 Å². The van der Waals surface area contributed by atoms with Gasteiger partial charge < -0.3 is 0 Å². The molecule has 0 amide bonds. The number of fused-ring (bicyclic) bond motifs is 1. The van der Waals surface area contributed by atoms with Gasteiger partial charge in [-0.15, -0.1) is 0 Å². The second-order valence-corrected chi connectivity index (χ2v) is 4.06. The fraction of sp³-hybridized carbons (Fsp3) is 0.800. The van der Waals surface area contributed by atoms with E-state index in [9.17, 15) is 9.59 Å². The molecule has 2 unspecified atom stereocenters. The molecular formula is C10H14O2. The molecule has 66 valence electrons. The Balaban J connectivity index is 2.07. The van der Waals surface area contributed by atoms with Crippen LogP contribution in [0.1, 0.15) is 38.5 Å². The molecule has 2 aliphatic rings. The summed E-state index contributed by atoms with van der Waals surface area (Å²) in [6, 6.07) is 0. The Hall–Kier alpha value is -0.660. The van der Waals surface area contributed by atoms with Crippen LogP contribution in [0.5, 0.6) is 0 Å². The molecule has 12 heavy (non-hydrogen) atoms. The van der Waals surface area contributed by atoms with Gasteiger partial charge in [-0.1, -0.05) is 12.8 Å². The Morgan fingerprint density at radius 1 is 0.833 bits per heavy atom. The van der Waals surface area contributed by atoms with Crippen molar-refractivity contribution >= 4 is 11.6 Å². The van der Waals surface area contributed by atoms with Crippen molar-refractivity contribution < 1.29 is 9.59 Å². The van der Waals surface area contributed by atoms with Crippen LogP contribution >= 0.6 is 0 Å². The zero-order chi connectivity index (χ0) is 8.55. The van der Waals surface area contributed by atoms with Gasteiger partial charge in [0.1, 0.15) is 0 Å². The Morgan fingerprint density at radius 2 is 1.25 bits per heavy atom. The molecule has 0 bridgehead atoms. The van der Waals surface area contributed by atoms with E-state index in [2.05, 4.69) is 0 Å². The SMILES string of the molecule is O=C1CC2CCCCC2CC1=O. The van der Waals surface area contributed by atoms with Crippen LogP contribution in [-0.2, 0) is 9.59 Å². The van der Waals surface area contributed by atoms with Crippen molar-refractivity contribution in [1.29, 1.82) is 0 Å². The molecular weight excluding hydrogens is 152 g/mol. The number of hydrogen-bond acceptors (Lipinski definition) is 2. The molecule has 0 heterocycles. The summed E-state index contributed by atoms with van der Waals surface area (Å²) in [5, 5.41) is 0. The van der Waals surface area contributed by atoms with Crippen LogP contribution in [0.15, 0.2) is 0 Å². The highest BCUT2D eigenvalue weighted by molar-refractivity contribution is 6.37. The van der Waals surface area contributed by atoms with Gasteiger partial charge in [0.25, 0.3) is 0 Å². The number of Topliss-reactive ketones (excluding diaryl/α,β-unsaturated/α-hetero) is 2. The Bertz CT molecular complexity index is 196. The summed E-state index contributed by atoms with van der Waals surface area (Å²) in [5.41, 5.74) is 0. The molecule has 0 aromatic rings. The molecule has 0 aliphatic heterocycles. The topological polar surface area (TPSA) is 34.1 Å². The van der Waals surface area contributed by atoms with Crippen LogP contribution in [0.4, 0.5) is 0 Å². The Kier molecular flexibility index (Phi) is 1.99. The van der Waals surface area contributed by atoms with Gasteiger partial charge in [0.05, 0.1) is 0 Å². The van der Waals surface area contributed by atoms with Crippen molar-refractivity contribution in [3.05, 3.63) is 0 Å². The monoisotopic (exact) mass is 166 g/mol. The largest absolute Gasteiger partial charge is 0.291 e. The van der Waals surface area contributed by atoms with Gasteiger partial charge in [-0.05, 0) is 24.7 Å². The normalized spacial score (nSPS) is 36.3. The molecule has 0 spiro atoms. The van der Waals surface area contributed by atoms with Crippen LogP contribution in [0.3, 0.4) is 0 Å². The maximum Gasteiger partial charge on any atom is 0.198 e. The van der Waals surface area contributed by atoms with E-state index in [1.807, 2.05) is 0 Å². The maximum atomic E-state index is 11.1. The van der Waals surface area contributed by atoms with Gasteiger partial charge in [-0.2, -0.15) is 0 Å². The highest BCUT2D eigenvalue weighted by Gasteiger charge is 2.35. The zero-order valence-electron chi connectivity index (χ0n) is 7.21. The molecule has 0 aromatic heterocycles. The average molecular weight is 166 g/mol. The lowest BCUT2D eigenvalue weighted by atomic mass is 9.70. The zero-order valence-corrected chi connectivity index (χ0v) is 7.21. The lowest BCUT2D eigenvalue weighted by molar-refractivity contribution is -0.141. The van der Waals surface area contributed by atoms with Crippen LogP contribution in [-0.4, -0.2) is 11.6 Å². The molecule has 0 N–H and O–H groups in total. The van der Waals surface area contributed by atoms with E-state index in [4.69, 9.17) is 0 Å². The van der Waals surface area contributed by atoms with E-state index in [1.165, 1.54) is 25.7 Å². The third-order valence-electron chi connectivity index (χ3n) is 3.27. The third-order valence-corrected chi connectivity index (χ3v) is 3.27. The smallest absolute Gasteiger partial charge is 0.198 e. The lowest BCUT2D eigenvalue weighted by Crippen LogP contribution is -2.34. The first kappa shape index (κ1) is 7.96. The molecule has 2 nitrogen and oxygen atoms in total. The van der Waals surface area contributed by atoms with E-state index in [-0.39, 0.29) is 11.6 Å². The van der Waals surface area contributed by atoms with Crippen molar-refractivity contribution in [2.75, 3.05) is 0 Å². The standard InChI is InChI=1S/C10H14O2/c11-9-5-7-3-1-2-4-8(7)6-10(9)12/h7-8H,1-6H2. The van der Waals surface area contributed by atoms with Crippen molar-refractivity contribution in [2.45, 2.75) is 38.5 Å². The number of rotatable bonds is 0. The van der Waals surface area contributed by atoms with E-state index >= 15 is 0 Å². The molecule has 2 rings (SSSR count). The summed E-state index contributed by atoms with van der Waals surface area (Å²) in [4.78, 5) is 22.2. The summed E-state index contributed by atoms with van der Waals surface area (Å²) in [6.07, 6.45) is 5.94. The second-order valence-electron chi connectivity index (χ2n) is 4.06. The fourth-order valence-corrected chi connectivity index (χ4v) is 2.53. The molecule has 2 atom stereocenters. The molecule has 2 fully saturated rings. The van der Waals surface area contributed by atoms with Gasteiger partial charge >= 0.3 is 0 Å². The Labute approximate surface area is 72.3 Å². The predicted molar refractivity (Wildman–Crippen MR) is 44.7 cm³/mol. The minimum absolute atomic E-state index is 0.113. The van der Waals surface area contributed by atoms with Gasteiger partial charge in [-0.3, -0.25) is 9.59 Å². The minimum atomic E-state index is -0.113.